The van der Waals surface area contributed by atoms with Crippen LogP contribution in [-0.2, 0) is 4.74 Å². The summed E-state index contributed by atoms with van der Waals surface area (Å²) in [5, 5.41) is 0. The number of hydrogen-bond acceptors (Lipinski definition) is 3. The number of carbonyl (C=O) groups excluding carboxylic acids is 2. The number of carbonyl (C=O) groups is 2. The Morgan fingerprint density at radius 3 is 2.00 bits per heavy atom. The third-order valence-corrected chi connectivity index (χ3v) is 3.04. The molecule has 0 radical (unpaired) electrons. The number of ketones is 2. The van der Waals surface area contributed by atoms with Gasteiger partial charge in [0.1, 0.15) is 0 Å². The van der Waals surface area contributed by atoms with Crippen LogP contribution >= 0.6 is 0 Å². The third-order valence-electron chi connectivity index (χ3n) is 3.04. The van der Waals surface area contributed by atoms with Crippen molar-refractivity contribution in [2.75, 3.05) is 6.61 Å². The number of benzene rings is 2. The number of hydrogen-bond donors (Lipinski definition) is 0. The predicted octanol–water partition coefficient (Wildman–Crippen LogP) is 4.06. The van der Waals surface area contributed by atoms with E-state index in [1.807, 2.05) is 19.1 Å². The number of Topliss-reactive ketones (excluding diaryl/α,β-unsaturated/α-hetero) is 1. The monoisotopic (exact) mass is 294 g/mol. The van der Waals surface area contributed by atoms with Gasteiger partial charge in [0.2, 0.25) is 5.78 Å². The minimum absolute atomic E-state index is 0.0851. The highest BCUT2D eigenvalue weighted by Gasteiger charge is 2.15. The van der Waals surface area contributed by atoms with E-state index in [1.165, 1.54) is 6.08 Å². The molecule has 0 saturated heterocycles. The Balaban J connectivity index is 2.27. The van der Waals surface area contributed by atoms with Crippen molar-refractivity contribution in [3.05, 3.63) is 83.6 Å². The van der Waals surface area contributed by atoms with Gasteiger partial charge < -0.3 is 4.74 Å². The summed E-state index contributed by atoms with van der Waals surface area (Å²) >= 11 is 0. The summed E-state index contributed by atoms with van der Waals surface area (Å²) < 4.78 is 5.49. The van der Waals surface area contributed by atoms with E-state index < -0.39 is 0 Å². The van der Waals surface area contributed by atoms with Crippen molar-refractivity contribution in [2.45, 2.75) is 13.3 Å². The van der Waals surface area contributed by atoms with Gasteiger partial charge in [0, 0.05) is 17.2 Å². The van der Waals surface area contributed by atoms with E-state index in [0.717, 1.165) is 6.42 Å². The van der Waals surface area contributed by atoms with E-state index in [0.29, 0.717) is 17.7 Å². The van der Waals surface area contributed by atoms with Crippen LogP contribution in [0.2, 0.25) is 0 Å². The van der Waals surface area contributed by atoms with Gasteiger partial charge in [-0.1, -0.05) is 67.6 Å². The first-order valence-electron chi connectivity index (χ1n) is 7.26. The molecule has 2 aromatic rings. The molecule has 112 valence electrons. The van der Waals surface area contributed by atoms with E-state index in [1.54, 1.807) is 48.5 Å². The fourth-order valence-corrected chi connectivity index (χ4v) is 1.92. The van der Waals surface area contributed by atoms with Crippen LogP contribution < -0.4 is 0 Å². The highest BCUT2D eigenvalue weighted by molar-refractivity contribution is 6.13. The van der Waals surface area contributed by atoms with Crippen LogP contribution in [0.25, 0.3) is 0 Å². The van der Waals surface area contributed by atoms with Crippen molar-refractivity contribution in [1.29, 1.82) is 0 Å². The zero-order valence-electron chi connectivity index (χ0n) is 12.5. The second-order valence-corrected chi connectivity index (χ2v) is 4.78. The normalized spacial score (nSPS) is 11.0. The molecule has 0 aliphatic carbocycles. The molecule has 0 unspecified atom stereocenters. The SMILES string of the molecule is CCCO/C(=C/C(=O)c1ccccc1)C(=O)c1ccccc1. The van der Waals surface area contributed by atoms with Crippen molar-refractivity contribution in [3.63, 3.8) is 0 Å². The van der Waals surface area contributed by atoms with Gasteiger partial charge >= 0.3 is 0 Å². The zero-order valence-corrected chi connectivity index (χ0v) is 12.5. The van der Waals surface area contributed by atoms with E-state index in [9.17, 15) is 9.59 Å². The van der Waals surface area contributed by atoms with Gasteiger partial charge in [-0.05, 0) is 6.42 Å². The standard InChI is InChI=1S/C19H18O3/c1-2-13-22-18(19(21)16-11-7-4-8-12-16)14-17(20)15-9-5-3-6-10-15/h3-12,14H,2,13H2,1H3/b18-14+. The van der Waals surface area contributed by atoms with Crippen molar-refractivity contribution in [1.82, 2.24) is 0 Å². The second-order valence-electron chi connectivity index (χ2n) is 4.78. The molecule has 0 heterocycles. The minimum atomic E-state index is -0.279. The Morgan fingerprint density at radius 1 is 0.909 bits per heavy atom. The van der Waals surface area contributed by atoms with E-state index in [-0.39, 0.29) is 17.3 Å². The summed E-state index contributed by atoms with van der Waals surface area (Å²) in [6.45, 7) is 2.34. The van der Waals surface area contributed by atoms with Crippen molar-refractivity contribution in [3.8, 4) is 0 Å². The predicted molar refractivity (Wildman–Crippen MR) is 85.9 cm³/mol. The molecule has 3 heteroatoms. The van der Waals surface area contributed by atoms with Gasteiger partial charge in [-0.15, -0.1) is 0 Å². The molecule has 0 aromatic heterocycles. The van der Waals surface area contributed by atoms with Gasteiger partial charge in [-0.25, -0.2) is 0 Å². The van der Waals surface area contributed by atoms with Crippen molar-refractivity contribution >= 4 is 11.6 Å². The smallest absolute Gasteiger partial charge is 0.227 e. The summed E-state index contributed by atoms with van der Waals surface area (Å²) in [6, 6.07) is 17.6. The molecule has 0 atom stereocenters. The average Bonchev–Trinajstić information content (AvgIpc) is 2.59. The Kier molecular flexibility index (Phi) is 5.66. The quantitative estimate of drug-likeness (QED) is 0.439. The van der Waals surface area contributed by atoms with Gasteiger partial charge in [-0.2, -0.15) is 0 Å². The van der Waals surface area contributed by atoms with Crippen LogP contribution in [0, 0.1) is 0 Å². The van der Waals surface area contributed by atoms with E-state index in [2.05, 4.69) is 0 Å². The Bertz CT molecular complexity index is 658. The molecule has 0 saturated carbocycles. The first-order valence-corrected chi connectivity index (χ1v) is 7.26. The molecule has 0 aliphatic rings. The second kappa shape index (κ2) is 7.93. The average molecular weight is 294 g/mol. The zero-order chi connectivity index (χ0) is 15.8. The lowest BCUT2D eigenvalue weighted by atomic mass is 10.1. The molecule has 0 amide bonds. The molecule has 0 spiro atoms. The Morgan fingerprint density at radius 2 is 1.45 bits per heavy atom. The maximum absolute atomic E-state index is 12.5. The molecule has 0 bridgehead atoms. The largest absolute Gasteiger partial charge is 0.489 e. The summed E-state index contributed by atoms with van der Waals surface area (Å²) in [5.74, 6) is -0.434. The molecule has 0 aliphatic heterocycles. The molecule has 0 fully saturated rings. The van der Waals surface area contributed by atoms with Crippen LogP contribution in [0.4, 0.5) is 0 Å². The maximum Gasteiger partial charge on any atom is 0.227 e. The molecule has 0 N–H and O–H groups in total. The van der Waals surface area contributed by atoms with Crippen LogP contribution in [0.3, 0.4) is 0 Å². The first kappa shape index (κ1) is 15.7. The summed E-state index contributed by atoms with van der Waals surface area (Å²) in [6.07, 6.45) is 2.04. The molecule has 2 rings (SSSR count). The number of ether oxygens (including phenoxy) is 1. The van der Waals surface area contributed by atoms with Gasteiger partial charge in [0.05, 0.1) is 6.61 Å². The summed E-state index contributed by atoms with van der Waals surface area (Å²) in [5.41, 5.74) is 1.03. The van der Waals surface area contributed by atoms with E-state index in [4.69, 9.17) is 4.74 Å². The topological polar surface area (TPSA) is 43.4 Å². The highest BCUT2D eigenvalue weighted by Crippen LogP contribution is 2.12. The van der Waals surface area contributed by atoms with Crippen LogP contribution in [0.15, 0.2) is 72.5 Å². The van der Waals surface area contributed by atoms with Gasteiger partial charge in [0.15, 0.2) is 11.5 Å². The first-order chi connectivity index (χ1) is 10.7. The van der Waals surface area contributed by atoms with Gasteiger partial charge in [-0.3, -0.25) is 9.59 Å². The lowest BCUT2D eigenvalue weighted by molar-refractivity contribution is 0.0902. The van der Waals surface area contributed by atoms with Crippen molar-refractivity contribution in [2.24, 2.45) is 0 Å². The molecule has 22 heavy (non-hydrogen) atoms. The van der Waals surface area contributed by atoms with E-state index >= 15 is 0 Å². The van der Waals surface area contributed by atoms with Crippen LogP contribution in [-0.4, -0.2) is 18.2 Å². The summed E-state index contributed by atoms with van der Waals surface area (Å²) in [7, 11) is 0. The number of allylic oxidation sites excluding steroid dienone is 2. The lowest BCUT2D eigenvalue weighted by Gasteiger charge is -2.08. The summed E-state index contributed by atoms with van der Waals surface area (Å²) in [4.78, 5) is 24.7. The molecular weight excluding hydrogens is 276 g/mol. The number of rotatable bonds is 7. The fraction of sp³-hybridized carbons (Fsp3) is 0.158. The van der Waals surface area contributed by atoms with Crippen LogP contribution in [0.5, 0.6) is 0 Å². The van der Waals surface area contributed by atoms with Gasteiger partial charge in [0.25, 0.3) is 0 Å². The minimum Gasteiger partial charge on any atom is -0.489 e. The molecule has 2 aromatic carbocycles. The lowest BCUT2D eigenvalue weighted by Crippen LogP contribution is -2.10. The fourth-order valence-electron chi connectivity index (χ4n) is 1.92. The molecular formula is C19H18O3. The highest BCUT2D eigenvalue weighted by atomic mass is 16.5. The molecule has 3 nitrogen and oxygen atoms in total. The Labute approximate surface area is 130 Å². The Hall–Kier alpha value is -2.68. The maximum atomic E-state index is 12.5. The van der Waals surface area contributed by atoms with Crippen LogP contribution in [0.1, 0.15) is 34.1 Å². The van der Waals surface area contributed by atoms with Crippen molar-refractivity contribution < 1.29 is 14.3 Å². The third kappa shape index (κ3) is 4.16.